The van der Waals surface area contributed by atoms with Gasteiger partial charge in [0, 0.05) is 30.2 Å². The summed E-state index contributed by atoms with van der Waals surface area (Å²) in [5, 5.41) is 1.25. The Hall–Kier alpha value is -1.46. The van der Waals surface area contributed by atoms with E-state index in [2.05, 4.69) is 48.7 Å². The van der Waals surface area contributed by atoms with Crippen molar-refractivity contribution in [3.05, 3.63) is 35.5 Å². The Morgan fingerprint density at radius 2 is 1.96 bits per heavy atom. The van der Waals surface area contributed by atoms with E-state index in [1.165, 1.54) is 16.5 Å². The highest BCUT2D eigenvalue weighted by Crippen LogP contribution is 2.27. The molecule has 0 aliphatic heterocycles. The highest BCUT2D eigenvalue weighted by atomic mass is 19.3. The summed E-state index contributed by atoms with van der Waals surface area (Å²) in [7, 11) is 1.92. The molecule has 2 rings (SSSR count). The summed E-state index contributed by atoms with van der Waals surface area (Å²) in [4.78, 5) is 5.32. The Labute approximate surface area is 136 Å². The molecule has 1 heterocycles. The van der Waals surface area contributed by atoms with E-state index in [9.17, 15) is 8.78 Å². The van der Waals surface area contributed by atoms with Crippen molar-refractivity contribution in [2.75, 3.05) is 26.7 Å². The number of nitrogens with one attached hydrogen (secondary N) is 1. The highest BCUT2D eigenvalue weighted by Gasteiger charge is 2.15. The van der Waals surface area contributed by atoms with E-state index in [1.54, 1.807) is 0 Å². The second-order valence-electron chi connectivity index (χ2n) is 7.01. The van der Waals surface area contributed by atoms with Crippen molar-refractivity contribution < 1.29 is 13.5 Å². The number of fused-ring (bicyclic) bond motifs is 1. The first-order valence-corrected chi connectivity index (χ1v) is 7.96. The molecule has 0 atom stereocenters. The minimum Gasteiger partial charge on any atom is -0.361 e. The number of hydrogen-bond acceptors (Lipinski definition) is 2. The van der Waals surface area contributed by atoms with E-state index in [1.807, 2.05) is 18.1 Å². The number of alkyl halides is 2. The molecule has 1 aromatic heterocycles. The Morgan fingerprint density at radius 3 is 2.61 bits per heavy atom. The fourth-order valence-electron chi connectivity index (χ4n) is 2.57. The fourth-order valence-corrected chi connectivity index (χ4v) is 2.57. The number of nitrogens with zero attached hydrogens (tertiary/aromatic N) is 1. The van der Waals surface area contributed by atoms with Gasteiger partial charge in [-0.25, -0.2) is 0 Å². The number of aromatic amines is 1. The molecule has 0 aliphatic rings. The van der Waals surface area contributed by atoms with Gasteiger partial charge in [-0.05, 0) is 42.1 Å². The molecule has 0 amide bonds. The van der Waals surface area contributed by atoms with Crippen LogP contribution in [0.4, 0.5) is 8.78 Å². The lowest BCUT2D eigenvalue weighted by Crippen LogP contribution is -2.26. The van der Waals surface area contributed by atoms with Gasteiger partial charge in [0.15, 0.2) is 0 Å². The van der Waals surface area contributed by atoms with Gasteiger partial charge in [0.2, 0.25) is 0 Å². The highest BCUT2D eigenvalue weighted by molar-refractivity contribution is 5.84. The molecule has 0 spiro atoms. The summed E-state index contributed by atoms with van der Waals surface area (Å²) >= 11 is 0. The first kappa shape index (κ1) is 17.9. The quantitative estimate of drug-likeness (QED) is 0.827. The topological polar surface area (TPSA) is 28.3 Å². The molecule has 0 unspecified atom stereocenters. The van der Waals surface area contributed by atoms with Crippen molar-refractivity contribution >= 4 is 10.9 Å². The van der Waals surface area contributed by atoms with Crippen LogP contribution in [0, 0.1) is 0 Å². The lowest BCUT2D eigenvalue weighted by atomic mass is 9.86. The Balaban J connectivity index is 2.00. The first-order valence-electron chi connectivity index (χ1n) is 7.96. The number of halogens is 2. The van der Waals surface area contributed by atoms with Crippen molar-refractivity contribution in [2.24, 2.45) is 0 Å². The van der Waals surface area contributed by atoms with Crippen LogP contribution in [0.2, 0.25) is 0 Å². The van der Waals surface area contributed by atoms with Gasteiger partial charge in [-0.3, -0.25) is 0 Å². The molecular formula is C18H26F2N2O. The number of H-pyrrole nitrogens is 1. The maximum absolute atomic E-state index is 12.0. The summed E-state index contributed by atoms with van der Waals surface area (Å²) in [5.74, 6) is 0. The van der Waals surface area contributed by atoms with Crippen LogP contribution in [0.25, 0.3) is 10.9 Å². The zero-order valence-electron chi connectivity index (χ0n) is 14.3. The van der Waals surface area contributed by atoms with Crippen molar-refractivity contribution in [3.8, 4) is 0 Å². The molecule has 0 radical (unpaired) electrons. The lowest BCUT2D eigenvalue weighted by molar-refractivity contribution is -0.131. The molecule has 0 bridgehead atoms. The molecule has 2 aromatic rings. The molecule has 1 N–H and O–H groups in total. The third-order valence-corrected chi connectivity index (χ3v) is 4.11. The first-order chi connectivity index (χ1) is 10.8. The van der Waals surface area contributed by atoms with Crippen molar-refractivity contribution in [1.82, 2.24) is 9.88 Å². The average Bonchev–Trinajstić information content (AvgIpc) is 2.86. The van der Waals surface area contributed by atoms with Gasteiger partial charge in [-0.15, -0.1) is 0 Å². The summed E-state index contributed by atoms with van der Waals surface area (Å²) in [6, 6.07) is 6.54. The molecular weight excluding hydrogens is 298 g/mol. The summed E-state index contributed by atoms with van der Waals surface area (Å²) < 4.78 is 28.2. The molecule has 0 saturated heterocycles. The SMILES string of the molecule is CN(CCOC(F)F)CCc1c[nH]c2ccc(C(C)(C)C)cc12. The maximum atomic E-state index is 12.0. The number of ether oxygens (including phenoxy) is 1. The fraction of sp³-hybridized carbons (Fsp3) is 0.556. The third-order valence-electron chi connectivity index (χ3n) is 4.11. The maximum Gasteiger partial charge on any atom is 0.345 e. The molecule has 0 aliphatic carbocycles. The zero-order valence-corrected chi connectivity index (χ0v) is 14.3. The van der Waals surface area contributed by atoms with Gasteiger partial charge in [0.1, 0.15) is 0 Å². The van der Waals surface area contributed by atoms with Crippen LogP contribution < -0.4 is 0 Å². The number of rotatable bonds is 7. The van der Waals surface area contributed by atoms with Crippen LogP contribution in [0.5, 0.6) is 0 Å². The molecule has 23 heavy (non-hydrogen) atoms. The van der Waals surface area contributed by atoms with Gasteiger partial charge in [-0.1, -0.05) is 26.8 Å². The van der Waals surface area contributed by atoms with Gasteiger partial charge in [0.05, 0.1) is 6.61 Å². The third kappa shape index (κ3) is 5.01. The van der Waals surface area contributed by atoms with Crippen LogP contribution in [0.1, 0.15) is 31.9 Å². The lowest BCUT2D eigenvalue weighted by Gasteiger charge is -2.19. The monoisotopic (exact) mass is 324 g/mol. The van der Waals surface area contributed by atoms with E-state index in [0.29, 0.717) is 6.54 Å². The second-order valence-corrected chi connectivity index (χ2v) is 7.01. The molecule has 3 nitrogen and oxygen atoms in total. The normalized spacial score (nSPS) is 12.7. The van der Waals surface area contributed by atoms with E-state index in [-0.39, 0.29) is 12.0 Å². The van der Waals surface area contributed by atoms with Crippen LogP contribution in [-0.4, -0.2) is 43.2 Å². The Kier molecular flexibility index (Phi) is 5.76. The number of benzene rings is 1. The number of hydrogen-bond donors (Lipinski definition) is 1. The summed E-state index contributed by atoms with van der Waals surface area (Å²) in [6.45, 7) is 5.29. The van der Waals surface area contributed by atoms with E-state index >= 15 is 0 Å². The van der Waals surface area contributed by atoms with Crippen LogP contribution in [0.15, 0.2) is 24.4 Å². The van der Waals surface area contributed by atoms with Crippen LogP contribution in [-0.2, 0) is 16.6 Å². The molecule has 0 saturated carbocycles. The van der Waals surface area contributed by atoms with E-state index in [0.717, 1.165) is 18.5 Å². The van der Waals surface area contributed by atoms with Crippen LogP contribution >= 0.6 is 0 Å². The van der Waals surface area contributed by atoms with Gasteiger partial charge >= 0.3 is 6.61 Å². The molecule has 0 fully saturated rings. The largest absolute Gasteiger partial charge is 0.361 e. The predicted molar refractivity (Wildman–Crippen MR) is 90.2 cm³/mol. The van der Waals surface area contributed by atoms with E-state index < -0.39 is 6.61 Å². The second kappa shape index (κ2) is 7.41. The number of aromatic nitrogens is 1. The van der Waals surface area contributed by atoms with Gasteiger partial charge in [0.25, 0.3) is 0 Å². The smallest absolute Gasteiger partial charge is 0.345 e. The van der Waals surface area contributed by atoms with Crippen molar-refractivity contribution in [1.29, 1.82) is 0 Å². The summed E-state index contributed by atoms with van der Waals surface area (Å²) in [6.07, 6.45) is 2.92. The number of likely N-dealkylation sites (N-methyl/N-ethyl adjacent to an activating group) is 1. The minimum absolute atomic E-state index is 0.0518. The van der Waals surface area contributed by atoms with Crippen molar-refractivity contribution in [2.45, 2.75) is 39.2 Å². The average molecular weight is 324 g/mol. The Morgan fingerprint density at radius 1 is 1.22 bits per heavy atom. The molecule has 128 valence electrons. The molecule has 5 heteroatoms. The van der Waals surface area contributed by atoms with Crippen LogP contribution in [0.3, 0.4) is 0 Å². The molecule has 1 aromatic carbocycles. The van der Waals surface area contributed by atoms with Crippen molar-refractivity contribution in [3.63, 3.8) is 0 Å². The Bertz CT molecular complexity index is 631. The minimum atomic E-state index is -2.69. The van der Waals surface area contributed by atoms with Gasteiger partial charge in [-0.2, -0.15) is 8.78 Å². The predicted octanol–water partition coefficient (Wildman–Crippen LogP) is 4.18. The summed E-state index contributed by atoms with van der Waals surface area (Å²) in [5.41, 5.74) is 3.82. The zero-order chi connectivity index (χ0) is 17.0. The van der Waals surface area contributed by atoms with E-state index in [4.69, 9.17) is 0 Å². The standard InChI is InChI=1S/C18H26F2N2O/c1-18(2,3)14-5-6-16-15(11-14)13(12-21-16)7-8-22(4)9-10-23-17(19)20/h5-6,11-12,17,21H,7-10H2,1-4H3. The van der Waals surface area contributed by atoms with Gasteiger partial charge < -0.3 is 14.6 Å².